The number of benzene rings is 2. The fraction of sp³-hybridized carbons (Fsp3) is 0.143. The van der Waals surface area contributed by atoms with E-state index in [1.165, 1.54) is 16.3 Å². The van der Waals surface area contributed by atoms with Gasteiger partial charge in [0.2, 0.25) is 0 Å². The van der Waals surface area contributed by atoms with E-state index in [2.05, 4.69) is 42.3 Å². The van der Waals surface area contributed by atoms with Gasteiger partial charge in [-0.3, -0.25) is 0 Å². The van der Waals surface area contributed by atoms with Crippen LogP contribution in [-0.4, -0.2) is 0 Å². The summed E-state index contributed by atoms with van der Waals surface area (Å²) in [7, 11) is 0. The highest BCUT2D eigenvalue weighted by Gasteiger charge is 1.94. The van der Waals surface area contributed by atoms with Crippen LogP contribution in [0.2, 0.25) is 0 Å². The Morgan fingerprint density at radius 2 is 1.79 bits per heavy atom. The summed E-state index contributed by atoms with van der Waals surface area (Å²) in [6.45, 7) is 0. The Kier molecular flexibility index (Phi) is 2.51. The van der Waals surface area contributed by atoms with Crippen LogP contribution in [0, 0.1) is 12.3 Å². The van der Waals surface area contributed by atoms with E-state index in [9.17, 15) is 0 Å². The molecule has 2 aromatic carbocycles. The van der Waals surface area contributed by atoms with E-state index < -0.39 is 0 Å². The summed E-state index contributed by atoms with van der Waals surface area (Å²) in [5, 5.41) is 2.55. The molecule has 67 valence electrons. The van der Waals surface area contributed by atoms with Gasteiger partial charge in [-0.2, -0.15) is 0 Å². The smallest absolute Gasteiger partial charge is 0.0139 e. The Hall–Kier alpha value is -1.74. The van der Waals surface area contributed by atoms with Gasteiger partial charge in [-0.25, -0.2) is 0 Å². The van der Waals surface area contributed by atoms with Crippen molar-refractivity contribution in [2.45, 2.75) is 12.8 Å². The Labute approximate surface area is 84.6 Å². The fourth-order valence-electron chi connectivity index (χ4n) is 1.60. The third kappa shape index (κ3) is 1.78. The van der Waals surface area contributed by atoms with Crippen LogP contribution in [0.5, 0.6) is 0 Å². The van der Waals surface area contributed by atoms with Crippen LogP contribution in [0.25, 0.3) is 10.8 Å². The molecular formula is C14H11. The van der Waals surface area contributed by atoms with Crippen molar-refractivity contribution >= 4 is 10.8 Å². The molecule has 0 aromatic heterocycles. The second-order valence-corrected chi connectivity index (χ2v) is 3.36. The van der Waals surface area contributed by atoms with Gasteiger partial charge in [0.05, 0.1) is 0 Å². The summed E-state index contributed by atoms with van der Waals surface area (Å²) in [5.41, 5.74) is 1.28. The van der Waals surface area contributed by atoms with Gasteiger partial charge < -0.3 is 0 Å². The first-order valence-electron chi connectivity index (χ1n) is 4.77. The average molecular weight is 179 g/mol. The largest absolute Gasteiger partial charge is 0.0888 e. The van der Waals surface area contributed by atoms with Crippen molar-refractivity contribution in [2.75, 3.05) is 0 Å². The van der Waals surface area contributed by atoms with Crippen molar-refractivity contribution in [1.29, 1.82) is 0 Å². The maximum Gasteiger partial charge on any atom is 0.0139 e. The van der Waals surface area contributed by atoms with E-state index in [1.54, 1.807) is 0 Å². The summed E-state index contributed by atoms with van der Waals surface area (Å²) in [6, 6.07) is 14.8. The van der Waals surface area contributed by atoms with Crippen LogP contribution < -0.4 is 0 Å². The number of hydrogen-bond acceptors (Lipinski definition) is 0. The number of fused-ring (bicyclic) bond motifs is 1. The summed E-state index contributed by atoms with van der Waals surface area (Å²) >= 11 is 0. The molecule has 0 aliphatic heterocycles. The third-order valence-electron chi connectivity index (χ3n) is 2.35. The highest BCUT2D eigenvalue weighted by atomic mass is 14.0. The molecule has 14 heavy (non-hydrogen) atoms. The zero-order chi connectivity index (χ0) is 9.80. The van der Waals surface area contributed by atoms with Crippen LogP contribution in [-0.2, 0) is 6.42 Å². The lowest BCUT2D eigenvalue weighted by Crippen LogP contribution is -1.83. The lowest BCUT2D eigenvalue weighted by Gasteiger charge is -2.01. The highest BCUT2D eigenvalue weighted by Crippen LogP contribution is 2.16. The maximum absolute atomic E-state index is 6.86. The molecular weight excluding hydrogens is 168 g/mol. The quantitative estimate of drug-likeness (QED) is 0.620. The van der Waals surface area contributed by atoms with Crippen molar-refractivity contribution in [2.24, 2.45) is 0 Å². The maximum atomic E-state index is 6.86. The molecule has 0 aliphatic carbocycles. The minimum absolute atomic E-state index is 0.707. The van der Waals surface area contributed by atoms with Gasteiger partial charge in [-0.05, 0) is 29.2 Å². The SMILES string of the molecule is [C]#CCCc1ccc2ccccc2c1. The van der Waals surface area contributed by atoms with E-state index >= 15 is 0 Å². The number of aryl methyl sites for hydroxylation is 1. The van der Waals surface area contributed by atoms with Crippen molar-refractivity contribution < 1.29 is 0 Å². The zero-order valence-corrected chi connectivity index (χ0v) is 7.96. The molecule has 0 saturated carbocycles. The molecule has 0 unspecified atom stereocenters. The average Bonchev–Trinajstić information content (AvgIpc) is 2.26. The highest BCUT2D eigenvalue weighted by molar-refractivity contribution is 5.82. The molecule has 0 bridgehead atoms. The molecule has 0 aliphatic rings. The summed E-state index contributed by atoms with van der Waals surface area (Å²) in [6.07, 6.45) is 8.48. The van der Waals surface area contributed by atoms with Crippen LogP contribution >= 0.6 is 0 Å². The second kappa shape index (κ2) is 3.98. The molecule has 1 radical (unpaired) electrons. The molecule has 0 spiro atoms. The first-order valence-corrected chi connectivity index (χ1v) is 4.77. The molecule has 0 fully saturated rings. The Morgan fingerprint density at radius 1 is 1.00 bits per heavy atom. The van der Waals surface area contributed by atoms with Crippen molar-refractivity contribution in [3.63, 3.8) is 0 Å². The molecule has 0 amide bonds. The van der Waals surface area contributed by atoms with Crippen molar-refractivity contribution in [1.82, 2.24) is 0 Å². The molecule has 0 saturated heterocycles. The van der Waals surface area contributed by atoms with Crippen molar-refractivity contribution in [3.05, 3.63) is 54.5 Å². The van der Waals surface area contributed by atoms with Gasteiger partial charge in [-0.1, -0.05) is 48.4 Å². The second-order valence-electron chi connectivity index (χ2n) is 3.36. The Morgan fingerprint density at radius 3 is 2.57 bits per heavy atom. The normalized spacial score (nSPS) is 9.93. The predicted octanol–water partition coefficient (Wildman–Crippen LogP) is 3.36. The van der Waals surface area contributed by atoms with Crippen LogP contribution in [0.3, 0.4) is 0 Å². The predicted molar refractivity (Wildman–Crippen MR) is 59.4 cm³/mol. The Balaban J connectivity index is 2.37. The molecule has 0 heterocycles. The lowest BCUT2D eigenvalue weighted by molar-refractivity contribution is 1.03. The van der Waals surface area contributed by atoms with E-state index in [-0.39, 0.29) is 0 Å². The van der Waals surface area contributed by atoms with Crippen molar-refractivity contribution in [3.8, 4) is 5.92 Å². The van der Waals surface area contributed by atoms with Gasteiger partial charge in [0.25, 0.3) is 0 Å². The molecule has 0 nitrogen and oxygen atoms in total. The van der Waals surface area contributed by atoms with E-state index in [1.807, 2.05) is 6.07 Å². The monoisotopic (exact) mass is 179 g/mol. The number of hydrogen-bond donors (Lipinski definition) is 0. The molecule has 2 aromatic rings. The standard InChI is InChI=1S/C14H11/c1-2-3-6-12-9-10-13-7-4-5-8-14(13)11-12/h4-5,7-11H,3,6H2. The van der Waals surface area contributed by atoms with E-state index in [4.69, 9.17) is 6.42 Å². The van der Waals surface area contributed by atoms with Crippen LogP contribution in [0.1, 0.15) is 12.0 Å². The zero-order valence-electron chi connectivity index (χ0n) is 7.96. The lowest BCUT2D eigenvalue weighted by atomic mass is 10.0. The minimum Gasteiger partial charge on any atom is -0.0888 e. The van der Waals surface area contributed by atoms with E-state index in [0.29, 0.717) is 6.42 Å². The van der Waals surface area contributed by atoms with Crippen LogP contribution in [0.4, 0.5) is 0 Å². The summed E-state index contributed by atoms with van der Waals surface area (Å²) < 4.78 is 0. The molecule has 0 atom stereocenters. The van der Waals surface area contributed by atoms with Gasteiger partial charge in [0, 0.05) is 6.42 Å². The molecule has 2 rings (SSSR count). The fourth-order valence-corrected chi connectivity index (χ4v) is 1.60. The topological polar surface area (TPSA) is 0 Å². The number of rotatable bonds is 2. The molecule has 0 heteroatoms. The first-order chi connectivity index (χ1) is 6.90. The van der Waals surface area contributed by atoms with Crippen LogP contribution in [0.15, 0.2) is 42.5 Å². The van der Waals surface area contributed by atoms with Gasteiger partial charge >= 0.3 is 0 Å². The Bertz CT molecular complexity index is 475. The minimum atomic E-state index is 0.707. The summed E-state index contributed by atoms with van der Waals surface area (Å²) in [4.78, 5) is 0. The van der Waals surface area contributed by atoms with Gasteiger partial charge in [-0.15, -0.1) is 0 Å². The van der Waals surface area contributed by atoms with E-state index in [0.717, 1.165) is 6.42 Å². The van der Waals surface area contributed by atoms with Gasteiger partial charge in [0.1, 0.15) is 0 Å². The van der Waals surface area contributed by atoms with Gasteiger partial charge in [0.15, 0.2) is 0 Å². The molecule has 0 N–H and O–H groups in total. The summed E-state index contributed by atoms with van der Waals surface area (Å²) in [5.74, 6) is 2.41. The first kappa shape index (κ1) is 8.84. The third-order valence-corrected chi connectivity index (χ3v) is 2.35.